The van der Waals surface area contributed by atoms with E-state index in [0.29, 0.717) is 54.8 Å². The standard InChI is InChI=1S/C29H29F2N7O/c1-37-12-3-5-21(37)17-39-29-35-27-24(28(36-29)38-13-11-33-20(16-38)9-10-32)15-34-26(25(27)31)22-6-2-4-18-7-8-19(30)14-23(18)22/h2,4,6-8,14-15,20-21,33H,3,5,9,11-13,16-17H2,1H3. The Morgan fingerprint density at radius 1 is 1.15 bits per heavy atom. The van der Waals surface area contributed by atoms with Gasteiger partial charge in [-0.05, 0) is 49.3 Å². The maximum absolute atomic E-state index is 16.3. The molecule has 2 fully saturated rings. The van der Waals surface area contributed by atoms with Crippen LogP contribution in [0.1, 0.15) is 19.3 Å². The zero-order valence-electron chi connectivity index (χ0n) is 21.7. The number of halogens is 2. The minimum atomic E-state index is -0.612. The van der Waals surface area contributed by atoms with Crippen molar-refractivity contribution < 1.29 is 13.5 Å². The van der Waals surface area contributed by atoms with E-state index in [1.807, 2.05) is 11.0 Å². The summed E-state index contributed by atoms with van der Waals surface area (Å²) in [5, 5.41) is 14.4. The van der Waals surface area contributed by atoms with Gasteiger partial charge in [0.2, 0.25) is 0 Å². The Kier molecular flexibility index (Phi) is 6.94. The quantitative estimate of drug-likeness (QED) is 0.396. The highest BCUT2D eigenvalue weighted by Crippen LogP contribution is 2.35. The predicted octanol–water partition coefficient (Wildman–Crippen LogP) is 4.29. The molecule has 8 nitrogen and oxygen atoms in total. The minimum Gasteiger partial charge on any atom is -0.462 e. The van der Waals surface area contributed by atoms with Gasteiger partial charge < -0.3 is 19.9 Å². The SMILES string of the molecule is CN1CCCC1COc1nc(N2CCNC(CC#N)C2)c2cnc(-c3cccc4ccc(F)cc34)c(F)c2n1. The average Bonchev–Trinajstić information content (AvgIpc) is 3.36. The first-order valence-electron chi connectivity index (χ1n) is 13.2. The molecule has 2 unspecified atom stereocenters. The van der Waals surface area contributed by atoms with Gasteiger partial charge in [-0.15, -0.1) is 0 Å². The molecular weight excluding hydrogens is 500 g/mol. The lowest BCUT2D eigenvalue weighted by Crippen LogP contribution is -2.51. The van der Waals surface area contributed by atoms with Crippen molar-refractivity contribution in [1.29, 1.82) is 5.26 Å². The molecule has 0 spiro atoms. The summed E-state index contributed by atoms with van der Waals surface area (Å²) in [7, 11) is 2.06. The van der Waals surface area contributed by atoms with Crippen LogP contribution in [0, 0.1) is 23.0 Å². The largest absolute Gasteiger partial charge is 0.462 e. The van der Waals surface area contributed by atoms with Gasteiger partial charge in [0, 0.05) is 43.5 Å². The highest BCUT2D eigenvalue weighted by atomic mass is 19.1. The van der Waals surface area contributed by atoms with Crippen LogP contribution in [-0.2, 0) is 0 Å². The molecule has 1 N–H and O–H groups in total. The molecule has 0 aliphatic carbocycles. The number of likely N-dealkylation sites (N-methyl/N-ethyl adjacent to an activating group) is 1. The molecule has 4 heterocycles. The smallest absolute Gasteiger partial charge is 0.319 e. The molecule has 39 heavy (non-hydrogen) atoms. The number of likely N-dealkylation sites (tertiary alicyclic amines) is 1. The van der Waals surface area contributed by atoms with E-state index in [2.05, 4.69) is 33.3 Å². The molecule has 4 aromatic rings. The molecule has 10 heteroatoms. The van der Waals surface area contributed by atoms with E-state index in [1.165, 1.54) is 12.1 Å². The van der Waals surface area contributed by atoms with Crippen molar-refractivity contribution >= 4 is 27.5 Å². The Morgan fingerprint density at radius 2 is 2.05 bits per heavy atom. The number of ether oxygens (including phenoxy) is 1. The second-order valence-corrected chi connectivity index (χ2v) is 10.2. The first kappa shape index (κ1) is 25.3. The minimum absolute atomic E-state index is 0.0343. The molecular formula is C29H29F2N7O. The van der Waals surface area contributed by atoms with E-state index in [0.717, 1.165) is 24.8 Å². The third-order valence-electron chi connectivity index (χ3n) is 7.71. The van der Waals surface area contributed by atoms with Gasteiger partial charge in [-0.25, -0.2) is 8.78 Å². The zero-order chi connectivity index (χ0) is 26.9. The van der Waals surface area contributed by atoms with Crippen molar-refractivity contribution in [1.82, 2.24) is 25.2 Å². The second kappa shape index (κ2) is 10.7. The molecule has 0 amide bonds. The van der Waals surface area contributed by atoms with E-state index in [9.17, 15) is 9.65 Å². The molecule has 200 valence electrons. The van der Waals surface area contributed by atoms with E-state index in [-0.39, 0.29) is 29.3 Å². The third-order valence-corrected chi connectivity index (χ3v) is 7.71. The van der Waals surface area contributed by atoms with Gasteiger partial charge in [-0.1, -0.05) is 24.3 Å². The highest BCUT2D eigenvalue weighted by Gasteiger charge is 2.27. The first-order valence-corrected chi connectivity index (χ1v) is 13.2. The number of aromatic nitrogens is 3. The van der Waals surface area contributed by atoms with Crippen LogP contribution < -0.4 is 15.0 Å². The number of benzene rings is 2. The predicted molar refractivity (Wildman–Crippen MR) is 146 cm³/mol. The molecule has 2 aliphatic heterocycles. The Bertz CT molecular complexity index is 1570. The number of rotatable bonds is 6. The second-order valence-electron chi connectivity index (χ2n) is 10.2. The van der Waals surface area contributed by atoms with Crippen molar-refractivity contribution in [3.63, 3.8) is 0 Å². The van der Waals surface area contributed by atoms with Crippen LogP contribution in [0.2, 0.25) is 0 Å². The number of pyridine rings is 1. The molecule has 2 atom stereocenters. The molecule has 2 saturated heterocycles. The summed E-state index contributed by atoms with van der Waals surface area (Å²) in [4.78, 5) is 18.0. The highest BCUT2D eigenvalue weighted by molar-refractivity contribution is 5.99. The van der Waals surface area contributed by atoms with Crippen LogP contribution in [0.3, 0.4) is 0 Å². The fourth-order valence-corrected chi connectivity index (χ4v) is 5.59. The number of nitriles is 1. The van der Waals surface area contributed by atoms with Crippen molar-refractivity contribution in [2.45, 2.75) is 31.3 Å². The van der Waals surface area contributed by atoms with Crippen LogP contribution >= 0.6 is 0 Å². The molecule has 2 aliphatic rings. The zero-order valence-corrected chi connectivity index (χ0v) is 21.7. The monoisotopic (exact) mass is 529 g/mol. The Balaban J connectivity index is 1.46. The molecule has 2 aromatic heterocycles. The van der Waals surface area contributed by atoms with E-state index >= 15 is 4.39 Å². The number of fused-ring (bicyclic) bond motifs is 2. The lowest BCUT2D eigenvalue weighted by Gasteiger charge is -2.34. The lowest BCUT2D eigenvalue weighted by atomic mass is 10.0. The molecule has 2 aromatic carbocycles. The van der Waals surface area contributed by atoms with Gasteiger partial charge in [0.25, 0.3) is 0 Å². The van der Waals surface area contributed by atoms with Crippen molar-refractivity contribution in [2.24, 2.45) is 0 Å². The van der Waals surface area contributed by atoms with Crippen LogP contribution in [-0.4, -0.2) is 71.8 Å². The van der Waals surface area contributed by atoms with Gasteiger partial charge in [0.1, 0.15) is 29.5 Å². The number of anilines is 1. The summed E-state index contributed by atoms with van der Waals surface area (Å²) in [6, 6.07) is 12.4. The molecule has 0 bridgehead atoms. The number of piperazine rings is 1. The van der Waals surface area contributed by atoms with Crippen LogP contribution in [0.4, 0.5) is 14.6 Å². The lowest BCUT2D eigenvalue weighted by molar-refractivity contribution is 0.188. The summed E-state index contributed by atoms with van der Waals surface area (Å²) in [5.74, 6) is -0.487. The van der Waals surface area contributed by atoms with Crippen LogP contribution in [0.5, 0.6) is 6.01 Å². The number of nitrogens with zero attached hydrogens (tertiary/aromatic N) is 6. The number of nitrogens with one attached hydrogen (secondary N) is 1. The third kappa shape index (κ3) is 4.95. The van der Waals surface area contributed by atoms with Gasteiger partial charge in [0.15, 0.2) is 5.82 Å². The van der Waals surface area contributed by atoms with Crippen LogP contribution in [0.25, 0.3) is 32.9 Å². The normalized spacial score (nSPS) is 20.0. The van der Waals surface area contributed by atoms with E-state index in [1.54, 1.807) is 24.4 Å². The average molecular weight is 530 g/mol. The summed E-state index contributed by atoms with van der Waals surface area (Å²) in [5.41, 5.74) is 0.675. The maximum Gasteiger partial charge on any atom is 0.319 e. The summed E-state index contributed by atoms with van der Waals surface area (Å²) < 4.78 is 36.5. The maximum atomic E-state index is 16.3. The van der Waals surface area contributed by atoms with Gasteiger partial charge in [-0.3, -0.25) is 4.98 Å². The van der Waals surface area contributed by atoms with Gasteiger partial charge in [0.05, 0.1) is 17.9 Å². The fourth-order valence-electron chi connectivity index (χ4n) is 5.59. The Morgan fingerprint density at radius 3 is 2.87 bits per heavy atom. The number of hydrogen-bond donors (Lipinski definition) is 1. The summed E-state index contributed by atoms with van der Waals surface area (Å²) >= 11 is 0. The topological polar surface area (TPSA) is 90.2 Å². The first-order chi connectivity index (χ1) is 19.0. The van der Waals surface area contributed by atoms with E-state index in [4.69, 9.17) is 9.72 Å². The Labute approximate surface area is 225 Å². The molecule has 0 radical (unpaired) electrons. The van der Waals surface area contributed by atoms with Gasteiger partial charge >= 0.3 is 6.01 Å². The fraction of sp³-hybridized carbons (Fsp3) is 0.379. The molecule has 0 saturated carbocycles. The molecule has 6 rings (SSSR count). The van der Waals surface area contributed by atoms with E-state index < -0.39 is 11.6 Å². The van der Waals surface area contributed by atoms with Crippen molar-refractivity contribution in [2.75, 3.05) is 44.7 Å². The summed E-state index contributed by atoms with van der Waals surface area (Å²) in [6.07, 6.45) is 4.05. The van der Waals surface area contributed by atoms with Gasteiger partial charge in [-0.2, -0.15) is 15.2 Å². The number of hydrogen-bond acceptors (Lipinski definition) is 8. The Hall–Kier alpha value is -3.94. The summed E-state index contributed by atoms with van der Waals surface area (Å²) in [6.45, 7) is 3.24. The van der Waals surface area contributed by atoms with Crippen LogP contribution in [0.15, 0.2) is 42.6 Å². The van der Waals surface area contributed by atoms with Crippen molar-refractivity contribution in [3.8, 4) is 23.3 Å². The van der Waals surface area contributed by atoms with Crippen molar-refractivity contribution in [3.05, 3.63) is 54.2 Å².